The molecule has 4 aromatic rings. The van der Waals surface area contributed by atoms with E-state index >= 15 is 0 Å². The van der Waals surface area contributed by atoms with Crippen LogP contribution in [0.2, 0.25) is 0 Å². The van der Waals surface area contributed by atoms with Crippen molar-refractivity contribution in [3.63, 3.8) is 0 Å². The number of carbonyl (C=O) groups is 1. The molecule has 0 aliphatic heterocycles. The molecule has 0 saturated carbocycles. The minimum atomic E-state index is -0.100. The zero-order valence-corrected chi connectivity index (χ0v) is 17.8. The first-order valence-electron chi connectivity index (χ1n) is 9.62. The van der Waals surface area contributed by atoms with E-state index in [4.69, 9.17) is 8.94 Å². The summed E-state index contributed by atoms with van der Waals surface area (Å²) in [6.45, 7) is 3.95. The fourth-order valence-electron chi connectivity index (χ4n) is 2.75. The van der Waals surface area contributed by atoms with E-state index < -0.39 is 0 Å². The Kier molecular flexibility index (Phi) is 6.37. The summed E-state index contributed by atoms with van der Waals surface area (Å²) < 4.78 is 10.9. The highest BCUT2D eigenvalue weighted by atomic mass is 32.2. The molecule has 10 heteroatoms. The third-order valence-electron chi connectivity index (χ3n) is 4.38. The van der Waals surface area contributed by atoms with Crippen LogP contribution in [0.4, 0.5) is 5.69 Å². The molecule has 1 amide bonds. The Balaban J connectivity index is 1.26. The monoisotopic (exact) mass is 436 g/mol. The quantitative estimate of drug-likeness (QED) is 0.409. The van der Waals surface area contributed by atoms with Crippen molar-refractivity contribution in [1.29, 1.82) is 0 Å². The molecule has 0 fully saturated rings. The Morgan fingerprint density at radius 3 is 2.94 bits per heavy atom. The van der Waals surface area contributed by atoms with Crippen molar-refractivity contribution in [2.75, 3.05) is 5.32 Å². The molecule has 3 aromatic heterocycles. The van der Waals surface area contributed by atoms with Gasteiger partial charge in [0.25, 0.3) is 5.22 Å². The lowest BCUT2D eigenvalue weighted by molar-refractivity contribution is -0.116. The number of anilines is 1. The largest absolute Gasteiger partial charge is 0.411 e. The van der Waals surface area contributed by atoms with Gasteiger partial charge in [0.2, 0.25) is 17.7 Å². The molecule has 3 heterocycles. The maximum absolute atomic E-state index is 12.2. The van der Waals surface area contributed by atoms with Crippen molar-refractivity contribution in [2.24, 2.45) is 0 Å². The normalized spacial score (nSPS) is 10.9. The van der Waals surface area contributed by atoms with Gasteiger partial charge in [-0.3, -0.25) is 9.78 Å². The number of hydrogen-bond donors (Lipinski definition) is 1. The van der Waals surface area contributed by atoms with Crippen LogP contribution in [0.3, 0.4) is 0 Å². The molecular formula is C21H20N6O3S. The minimum absolute atomic E-state index is 0.100. The van der Waals surface area contributed by atoms with Crippen molar-refractivity contribution < 1.29 is 13.7 Å². The molecule has 0 saturated heterocycles. The van der Waals surface area contributed by atoms with Gasteiger partial charge in [-0.25, -0.2) is 0 Å². The number of pyridine rings is 1. The van der Waals surface area contributed by atoms with Gasteiger partial charge in [-0.05, 0) is 43.2 Å². The number of aryl methyl sites for hydroxylation is 3. The summed E-state index contributed by atoms with van der Waals surface area (Å²) in [5.74, 6) is 1.62. The second-order valence-electron chi connectivity index (χ2n) is 6.87. The Bertz CT molecular complexity index is 1170. The van der Waals surface area contributed by atoms with Crippen LogP contribution in [-0.2, 0) is 17.0 Å². The number of rotatable bonds is 8. The van der Waals surface area contributed by atoms with E-state index in [0.29, 0.717) is 35.0 Å². The molecular weight excluding hydrogens is 416 g/mol. The number of carbonyl (C=O) groups excluding carboxylic acids is 1. The zero-order chi connectivity index (χ0) is 21.6. The van der Waals surface area contributed by atoms with Gasteiger partial charge in [0.1, 0.15) is 0 Å². The lowest BCUT2D eigenvalue weighted by atomic mass is 10.1. The van der Waals surface area contributed by atoms with Crippen molar-refractivity contribution in [3.8, 4) is 11.5 Å². The fraction of sp³-hybridized carbons (Fsp3) is 0.238. The number of aromatic nitrogens is 5. The van der Waals surface area contributed by atoms with E-state index in [2.05, 4.69) is 30.6 Å². The van der Waals surface area contributed by atoms with E-state index in [-0.39, 0.29) is 12.3 Å². The first-order valence-corrected chi connectivity index (χ1v) is 10.6. The minimum Gasteiger partial charge on any atom is -0.411 e. The maximum atomic E-state index is 12.2. The molecule has 158 valence electrons. The van der Waals surface area contributed by atoms with Gasteiger partial charge in [0.05, 0.1) is 11.3 Å². The molecule has 0 unspecified atom stereocenters. The molecule has 0 bridgehead atoms. The van der Waals surface area contributed by atoms with Crippen LogP contribution in [0.15, 0.2) is 56.9 Å². The maximum Gasteiger partial charge on any atom is 0.277 e. The highest BCUT2D eigenvalue weighted by molar-refractivity contribution is 7.98. The first kappa shape index (κ1) is 20.7. The van der Waals surface area contributed by atoms with Gasteiger partial charge in [-0.1, -0.05) is 29.1 Å². The fourth-order valence-corrected chi connectivity index (χ4v) is 3.36. The summed E-state index contributed by atoms with van der Waals surface area (Å²) in [7, 11) is 0. The third-order valence-corrected chi connectivity index (χ3v) is 5.20. The highest BCUT2D eigenvalue weighted by Gasteiger charge is 2.13. The molecule has 0 aliphatic rings. The molecule has 0 spiro atoms. The predicted molar refractivity (Wildman–Crippen MR) is 114 cm³/mol. The Morgan fingerprint density at radius 1 is 1.19 bits per heavy atom. The van der Waals surface area contributed by atoms with Crippen LogP contribution in [0.5, 0.6) is 0 Å². The molecule has 0 radical (unpaired) electrons. The Morgan fingerprint density at radius 2 is 2.10 bits per heavy atom. The van der Waals surface area contributed by atoms with E-state index in [1.54, 1.807) is 18.5 Å². The van der Waals surface area contributed by atoms with Crippen LogP contribution < -0.4 is 5.32 Å². The van der Waals surface area contributed by atoms with Crippen LogP contribution in [0, 0.1) is 13.8 Å². The van der Waals surface area contributed by atoms with Crippen LogP contribution in [-0.4, -0.2) is 31.2 Å². The topological polar surface area (TPSA) is 120 Å². The zero-order valence-electron chi connectivity index (χ0n) is 17.0. The number of amides is 1. The average molecular weight is 436 g/mol. The lowest BCUT2D eigenvalue weighted by Gasteiger charge is -2.08. The van der Waals surface area contributed by atoms with Gasteiger partial charge in [-0.15, -0.1) is 10.2 Å². The van der Waals surface area contributed by atoms with E-state index in [1.807, 2.05) is 38.1 Å². The van der Waals surface area contributed by atoms with E-state index in [1.165, 1.54) is 11.8 Å². The molecule has 0 atom stereocenters. The summed E-state index contributed by atoms with van der Waals surface area (Å²) in [6.07, 6.45) is 3.95. The van der Waals surface area contributed by atoms with Gasteiger partial charge < -0.3 is 14.3 Å². The van der Waals surface area contributed by atoms with Gasteiger partial charge in [-0.2, -0.15) is 4.98 Å². The second kappa shape index (κ2) is 9.52. The van der Waals surface area contributed by atoms with Crippen molar-refractivity contribution >= 4 is 23.4 Å². The number of nitrogens with one attached hydrogen (secondary N) is 1. The molecule has 1 N–H and O–H groups in total. The van der Waals surface area contributed by atoms with Gasteiger partial charge in [0, 0.05) is 30.9 Å². The second-order valence-corrected chi connectivity index (χ2v) is 7.80. The average Bonchev–Trinajstić information content (AvgIpc) is 3.43. The third kappa shape index (κ3) is 5.54. The van der Waals surface area contributed by atoms with Crippen molar-refractivity contribution in [1.82, 2.24) is 25.3 Å². The summed E-state index contributed by atoms with van der Waals surface area (Å²) >= 11 is 1.31. The first-order chi connectivity index (χ1) is 15.1. The molecule has 9 nitrogen and oxygen atoms in total. The van der Waals surface area contributed by atoms with E-state index in [0.717, 1.165) is 22.4 Å². The summed E-state index contributed by atoms with van der Waals surface area (Å²) in [4.78, 5) is 20.6. The standard InChI is InChI=1S/C21H20N6O3S/c1-13-5-6-14(2)16(10-13)23-18(28)7-8-19-24-17(27-30-19)12-31-21-26-25-20(29-21)15-4-3-9-22-11-15/h3-6,9-11H,7-8,12H2,1-2H3,(H,23,28). The number of benzene rings is 1. The summed E-state index contributed by atoms with van der Waals surface area (Å²) in [5.41, 5.74) is 3.68. The highest BCUT2D eigenvalue weighted by Crippen LogP contribution is 2.24. The van der Waals surface area contributed by atoms with Crippen LogP contribution in [0.25, 0.3) is 11.5 Å². The number of nitrogens with zero attached hydrogens (tertiary/aromatic N) is 5. The predicted octanol–water partition coefficient (Wildman–Crippen LogP) is 4.00. The molecule has 4 rings (SSSR count). The Labute approximate surface area is 182 Å². The molecule has 31 heavy (non-hydrogen) atoms. The van der Waals surface area contributed by atoms with Crippen LogP contribution in [0.1, 0.15) is 29.3 Å². The Hall–Kier alpha value is -3.53. The SMILES string of the molecule is Cc1ccc(C)c(NC(=O)CCc2nc(CSc3nnc(-c4cccnc4)o3)no2)c1. The number of hydrogen-bond acceptors (Lipinski definition) is 9. The van der Waals surface area contributed by atoms with E-state index in [9.17, 15) is 4.79 Å². The van der Waals surface area contributed by atoms with Crippen LogP contribution >= 0.6 is 11.8 Å². The molecule has 1 aromatic carbocycles. The van der Waals surface area contributed by atoms with Gasteiger partial charge in [0.15, 0.2) is 5.82 Å². The lowest BCUT2D eigenvalue weighted by Crippen LogP contribution is -2.13. The smallest absolute Gasteiger partial charge is 0.277 e. The van der Waals surface area contributed by atoms with Crippen molar-refractivity contribution in [3.05, 3.63) is 65.6 Å². The number of thioether (sulfide) groups is 1. The molecule has 0 aliphatic carbocycles. The summed E-state index contributed by atoms with van der Waals surface area (Å²) in [6, 6.07) is 9.59. The summed E-state index contributed by atoms with van der Waals surface area (Å²) in [5, 5.41) is 15.3. The van der Waals surface area contributed by atoms with Crippen molar-refractivity contribution in [2.45, 2.75) is 37.7 Å². The van der Waals surface area contributed by atoms with Gasteiger partial charge >= 0.3 is 0 Å².